The fourth-order valence-corrected chi connectivity index (χ4v) is 8.10. The highest BCUT2D eigenvalue weighted by Gasteiger charge is 2.45. The number of amides is 1. The van der Waals surface area contributed by atoms with Crippen LogP contribution in [0.15, 0.2) is 60.7 Å². The summed E-state index contributed by atoms with van der Waals surface area (Å²) in [6.07, 6.45) is -5.70. The number of methoxy groups -OCH3 is 2. The first kappa shape index (κ1) is 41.0. The number of likely N-dealkylation sites (tertiary alicyclic amines) is 1. The first-order chi connectivity index (χ1) is 27.4. The van der Waals surface area contributed by atoms with Crippen molar-refractivity contribution in [3.05, 3.63) is 99.3 Å². The van der Waals surface area contributed by atoms with Crippen LogP contribution in [0.3, 0.4) is 0 Å². The van der Waals surface area contributed by atoms with Gasteiger partial charge in [-0.05, 0) is 81.1 Å². The van der Waals surface area contributed by atoms with Crippen molar-refractivity contribution in [3.8, 4) is 22.8 Å². The van der Waals surface area contributed by atoms with E-state index >= 15 is 8.78 Å². The van der Waals surface area contributed by atoms with E-state index < -0.39 is 62.1 Å². The summed E-state index contributed by atoms with van der Waals surface area (Å²) in [7, 11) is 3.05. The molecule has 0 N–H and O–H groups in total. The Hall–Kier alpha value is -5.15. The molecular weight excluding hydrogens is 806 g/mol. The fourth-order valence-electron chi connectivity index (χ4n) is 7.53. The molecule has 17 heteroatoms. The summed E-state index contributed by atoms with van der Waals surface area (Å²) in [5.74, 6) is -0.155. The van der Waals surface area contributed by atoms with Crippen LogP contribution in [0.25, 0.3) is 22.2 Å². The Kier molecular flexibility index (Phi) is 11.2. The maximum Gasteiger partial charge on any atom is 0.419 e. The number of carbonyl (C=O) groups excluding carboxylic acids is 1. The SMILES string of the molecule is COc1ccc(CN(Cc2ccc(OC)cc2)c2cc(Cl)c(C(F)(F)F)c(-c3c(Cl)cc4c(N5C6CCC5CN(C(=O)OC(C)(C)C)C6)nc(F)nc4c3F)n2)cc1. The molecule has 10 nitrogen and oxygen atoms in total. The first-order valence-electron chi connectivity index (χ1n) is 18.3. The number of fused-ring (bicyclic) bond motifs is 3. The van der Waals surface area contributed by atoms with Crippen molar-refractivity contribution in [2.45, 2.75) is 70.6 Å². The van der Waals surface area contributed by atoms with E-state index in [4.69, 9.17) is 37.4 Å². The quantitative estimate of drug-likeness (QED) is 0.106. The lowest BCUT2D eigenvalue weighted by Crippen LogP contribution is -2.56. The van der Waals surface area contributed by atoms with E-state index in [0.29, 0.717) is 24.3 Å². The molecule has 2 atom stereocenters. The zero-order valence-corrected chi connectivity index (χ0v) is 33.6. The minimum Gasteiger partial charge on any atom is -0.497 e. The summed E-state index contributed by atoms with van der Waals surface area (Å²) in [6, 6.07) is 15.7. The lowest BCUT2D eigenvalue weighted by molar-refractivity contribution is -0.137. The molecule has 2 bridgehead atoms. The zero-order valence-electron chi connectivity index (χ0n) is 32.1. The topological polar surface area (TPSA) is 93.2 Å². The van der Waals surface area contributed by atoms with Crippen LogP contribution in [0.2, 0.25) is 10.0 Å². The van der Waals surface area contributed by atoms with E-state index in [1.807, 2.05) is 0 Å². The van der Waals surface area contributed by atoms with Crippen molar-refractivity contribution in [1.82, 2.24) is 19.9 Å². The van der Waals surface area contributed by atoms with Crippen LogP contribution in [0.5, 0.6) is 11.5 Å². The van der Waals surface area contributed by atoms with E-state index in [1.54, 1.807) is 84.0 Å². The van der Waals surface area contributed by atoms with E-state index in [9.17, 15) is 18.0 Å². The molecule has 2 aliphatic heterocycles. The smallest absolute Gasteiger partial charge is 0.419 e. The average molecular weight is 846 g/mol. The molecule has 2 unspecified atom stereocenters. The Morgan fingerprint density at radius 1 is 0.828 bits per heavy atom. The van der Waals surface area contributed by atoms with Crippen molar-refractivity contribution in [2.24, 2.45) is 0 Å². The van der Waals surface area contributed by atoms with Crippen molar-refractivity contribution in [3.63, 3.8) is 0 Å². The molecule has 2 aliphatic rings. The highest BCUT2D eigenvalue weighted by Crippen LogP contribution is 2.47. The standard InChI is InChI=1S/C41H39Cl2F5N6O4/c1-40(2,3)58-39(55)53-20-24-10-11-25(21-53)54(24)37-28-16-29(42)32(34(44)35(28)50-38(45)51-37)36-33(41(46,47)48)30(43)17-31(49-36)52(18-22-6-12-26(56-4)13-7-22)19-23-8-14-27(57-5)15-9-23/h6-9,12-17,24-25H,10-11,18-21H2,1-5H3. The number of rotatable bonds is 9. The van der Waals surface area contributed by atoms with Gasteiger partial charge in [0.2, 0.25) is 0 Å². The van der Waals surface area contributed by atoms with Gasteiger partial charge < -0.3 is 28.9 Å². The molecule has 0 aliphatic carbocycles. The number of anilines is 2. The van der Waals surface area contributed by atoms with Crippen molar-refractivity contribution in [2.75, 3.05) is 37.1 Å². The predicted molar refractivity (Wildman–Crippen MR) is 211 cm³/mol. The number of piperazine rings is 1. The van der Waals surface area contributed by atoms with Gasteiger partial charge >= 0.3 is 18.3 Å². The third kappa shape index (κ3) is 8.37. The van der Waals surface area contributed by atoms with Gasteiger partial charge in [-0.15, -0.1) is 0 Å². The number of alkyl halides is 3. The molecule has 0 saturated carbocycles. The Balaban J connectivity index is 1.34. The van der Waals surface area contributed by atoms with E-state index in [1.165, 1.54) is 20.3 Å². The van der Waals surface area contributed by atoms with Gasteiger partial charge in [-0.25, -0.2) is 14.2 Å². The number of hydrogen-bond donors (Lipinski definition) is 0. The van der Waals surface area contributed by atoms with Crippen LogP contribution in [-0.4, -0.2) is 70.9 Å². The monoisotopic (exact) mass is 844 g/mol. The van der Waals surface area contributed by atoms with Gasteiger partial charge in [0.25, 0.3) is 0 Å². The van der Waals surface area contributed by atoms with Crippen LogP contribution in [0.4, 0.5) is 38.4 Å². The van der Waals surface area contributed by atoms with E-state index in [0.717, 1.165) is 17.2 Å². The fraction of sp³-hybridized carbons (Fsp3) is 0.366. The molecule has 2 aromatic heterocycles. The zero-order chi connectivity index (χ0) is 41.7. The van der Waals surface area contributed by atoms with Gasteiger partial charge in [0.15, 0.2) is 5.82 Å². The van der Waals surface area contributed by atoms with Crippen LogP contribution >= 0.6 is 23.2 Å². The van der Waals surface area contributed by atoms with E-state index in [-0.39, 0.29) is 55.3 Å². The first-order valence-corrected chi connectivity index (χ1v) is 19.1. The predicted octanol–water partition coefficient (Wildman–Crippen LogP) is 10.1. The van der Waals surface area contributed by atoms with Crippen LogP contribution < -0.4 is 19.3 Å². The summed E-state index contributed by atoms with van der Waals surface area (Å²) < 4.78 is 93.3. The third-order valence-electron chi connectivity index (χ3n) is 10.1. The molecule has 5 aromatic rings. The highest BCUT2D eigenvalue weighted by atomic mass is 35.5. The number of aromatic nitrogens is 3. The van der Waals surface area contributed by atoms with E-state index in [2.05, 4.69) is 15.0 Å². The molecule has 0 spiro atoms. The second kappa shape index (κ2) is 15.9. The molecule has 3 aromatic carbocycles. The second-order valence-electron chi connectivity index (χ2n) is 15.2. The maximum atomic E-state index is 17.0. The van der Waals surface area contributed by atoms with Crippen LogP contribution in [-0.2, 0) is 24.0 Å². The summed E-state index contributed by atoms with van der Waals surface area (Å²) in [4.78, 5) is 30.2. The van der Waals surface area contributed by atoms with Gasteiger partial charge in [-0.2, -0.15) is 27.5 Å². The molecule has 0 radical (unpaired) electrons. The van der Waals surface area contributed by atoms with Crippen molar-refractivity contribution >= 4 is 51.8 Å². The molecule has 306 valence electrons. The second-order valence-corrected chi connectivity index (χ2v) is 16.0. The van der Waals surface area contributed by atoms with Gasteiger partial charge in [0.05, 0.1) is 35.5 Å². The van der Waals surface area contributed by atoms with Crippen LogP contribution in [0.1, 0.15) is 50.3 Å². The Bertz CT molecular complexity index is 2280. The molecule has 2 fully saturated rings. The highest BCUT2D eigenvalue weighted by molar-refractivity contribution is 6.35. The van der Waals surface area contributed by atoms with Gasteiger partial charge in [-0.3, -0.25) is 0 Å². The molecule has 7 rings (SSSR count). The molecule has 58 heavy (non-hydrogen) atoms. The largest absolute Gasteiger partial charge is 0.497 e. The lowest BCUT2D eigenvalue weighted by atomic mass is 10.0. The van der Waals surface area contributed by atoms with Crippen LogP contribution in [0, 0.1) is 11.9 Å². The van der Waals surface area contributed by atoms with Gasteiger partial charge in [0.1, 0.15) is 39.8 Å². The summed E-state index contributed by atoms with van der Waals surface area (Å²) in [5.41, 5.74) is -2.91. The number of benzene rings is 3. The van der Waals surface area contributed by atoms with Crippen molar-refractivity contribution in [1.29, 1.82) is 0 Å². The minimum atomic E-state index is -5.12. The maximum absolute atomic E-state index is 17.0. The average Bonchev–Trinajstić information content (AvgIpc) is 3.41. The Labute approximate surface area is 341 Å². The number of carbonyl (C=O) groups is 1. The number of hydrogen-bond acceptors (Lipinski definition) is 9. The normalized spacial score (nSPS) is 16.8. The van der Waals surface area contributed by atoms with Crippen molar-refractivity contribution < 1.29 is 41.0 Å². The molecule has 1 amide bonds. The summed E-state index contributed by atoms with van der Waals surface area (Å²) in [5, 5.41) is -1.23. The lowest BCUT2D eigenvalue weighted by Gasteiger charge is -2.42. The molecular formula is C41H39Cl2F5N6O4. The summed E-state index contributed by atoms with van der Waals surface area (Å²) >= 11 is 13.2. The number of ether oxygens (including phenoxy) is 3. The summed E-state index contributed by atoms with van der Waals surface area (Å²) in [6.45, 7) is 6.01. The van der Waals surface area contributed by atoms with Gasteiger partial charge in [-0.1, -0.05) is 47.5 Å². The molecule has 2 saturated heterocycles. The number of halogens is 7. The number of pyridine rings is 1. The number of nitrogens with zero attached hydrogens (tertiary/aromatic N) is 6. The van der Waals surface area contributed by atoms with Gasteiger partial charge in [0, 0.05) is 43.6 Å². The Morgan fingerprint density at radius 3 is 1.88 bits per heavy atom. The molecule has 4 heterocycles. The minimum absolute atomic E-state index is 0.00661. The third-order valence-corrected chi connectivity index (χ3v) is 10.7. The Morgan fingerprint density at radius 2 is 1.38 bits per heavy atom.